The smallest absolute Gasteiger partial charge is 0.250 e. The van der Waals surface area contributed by atoms with Crippen LogP contribution in [0.25, 0.3) is 10.9 Å². The standard InChI is InChI=1S/C23H26ClN3O4S/c1-2-32(29,30)27-8-6-16(7-9-27)21-13-26-22-19(21)11-18(12-20(22)23(25)28)31-14-15-4-3-5-17(24)10-15/h3-5,10-13,16,26H,2,6-9,14H2,1H3,(H2,25,28). The van der Waals surface area contributed by atoms with E-state index in [0.29, 0.717) is 54.4 Å². The average molecular weight is 476 g/mol. The fourth-order valence-electron chi connectivity index (χ4n) is 4.26. The average Bonchev–Trinajstić information content (AvgIpc) is 3.21. The number of nitrogens with two attached hydrogens (primary N) is 1. The predicted octanol–water partition coefficient (Wildman–Crippen LogP) is 4.03. The van der Waals surface area contributed by atoms with Crippen LogP contribution in [0.15, 0.2) is 42.6 Å². The molecule has 1 aliphatic heterocycles. The van der Waals surface area contributed by atoms with E-state index in [-0.39, 0.29) is 11.7 Å². The van der Waals surface area contributed by atoms with Gasteiger partial charge in [-0.1, -0.05) is 23.7 Å². The number of amides is 1. The van der Waals surface area contributed by atoms with E-state index in [4.69, 9.17) is 22.1 Å². The Morgan fingerprint density at radius 2 is 2.00 bits per heavy atom. The van der Waals surface area contributed by atoms with Crippen LogP contribution in [0.4, 0.5) is 0 Å². The predicted molar refractivity (Wildman–Crippen MR) is 126 cm³/mol. The summed E-state index contributed by atoms with van der Waals surface area (Å²) in [4.78, 5) is 15.3. The third-order valence-electron chi connectivity index (χ3n) is 6.01. The molecule has 2 heterocycles. The molecule has 0 saturated carbocycles. The number of sulfonamides is 1. The van der Waals surface area contributed by atoms with Crippen LogP contribution in [0.3, 0.4) is 0 Å². The molecule has 0 unspecified atom stereocenters. The number of rotatable bonds is 7. The molecule has 0 aliphatic carbocycles. The van der Waals surface area contributed by atoms with E-state index in [1.165, 1.54) is 0 Å². The van der Waals surface area contributed by atoms with Crippen LogP contribution in [-0.2, 0) is 16.6 Å². The van der Waals surface area contributed by atoms with E-state index >= 15 is 0 Å². The first-order valence-electron chi connectivity index (χ1n) is 10.6. The zero-order valence-corrected chi connectivity index (χ0v) is 19.4. The molecule has 1 aliphatic rings. The number of primary amides is 1. The first-order valence-corrected chi connectivity index (χ1v) is 12.6. The highest BCUT2D eigenvalue weighted by molar-refractivity contribution is 7.89. The molecule has 170 valence electrons. The van der Waals surface area contributed by atoms with Gasteiger partial charge in [0.1, 0.15) is 12.4 Å². The minimum atomic E-state index is -3.18. The fraction of sp³-hybridized carbons (Fsp3) is 0.348. The Labute approximate surface area is 192 Å². The van der Waals surface area contributed by atoms with Crippen LogP contribution in [0.5, 0.6) is 5.75 Å². The molecule has 4 rings (SSSR count). The van der Waals surface area contributed by atoms with E-state index in [1.807, 2.05) is 30.5 Å². The molecule has 0 atom stereocenters. The molecule has 9 heteroatoms. The van der Waals surface area contributed by atoms with Gasteiger partial charge in [0, 0.05) is 29.7 Å². The van der Waals surface area contributed by atoms with E-state index in [1.54, 1.807) is 23.4 Å². The molecule has 0 bridgehead atoms. The summed E-state index contributed by atoms with van der Waals surface area (Å²) >= 11 is 6.05. The molecule has 7 nitrogen and oxygen atoms in total. The van der Waals surface area contributed by atoms with Gasteiger partial charge < -0.3 is 15.5 Å². The van der Waals surface area contributed by atoms with Crippen molar-refractivity contribution in [2.24, 2.45) is 5.73 Å². The summed E-state index contributed by atoms with van der Waals surface area (Å²) in [6, 6.07) is 11.0. The molecule has 0 spiro atoms. The van der Waals surface area contributed by atoms with Gasteiger partial charge in [-0.3, -0.25) is 4.79 Å². The quantitative estimate of drug-likeness (QED) is 0.538. The number of carbonyl (C=O) groups excluding carboxylic acids is 1. The normalized spacial score (nSPS) is 15.8. The van der Waals surface area contributed by atoms with E-state index < -0.39 is 15.9 Å². The van der Waals surface area contributed by atoms with Crippen molar-refractivity contribution in [3.8, 4) is 5.75 Å². The number of benzene rings is 2. The first-order chi connectivity index (χ1) is 15.3. The molecule has 1 aromatic heterocycles. The highest BCUT2D eigenvalue weighted by atomic mass is 35.5. The number of halogens is 1. The van der Waals surface area contributed by atoms with Crippen molar-refractivity contribution in [3.63, 3.8) is 0 Å². The Bertz CT molecular complexity index is 1250. The Hall–Kier alpha value is -2.55. The van der Waals surface area contributed by atoms with Crippen LogP contribution >= 0.6 is 11.6 Å². The summed E-state index contributed by atoms with van der Waals surface area (Å²) in [5.74, 6) is 0.287. The SMILES string of the molecule is CCS(=O)(=O)N1CCC(c2c[nH]c3c(C(N)=O)cc(OCc4cccc(Cl)c4)cc23)CC1. The Balaban J connectivity index is 1.61. The number of ether oxygens (including phenoxy) is 1. The lowest BCUT2D eigenvalue weighted by molar-refractivity contribution is 0.100. The topological polar surface area (TPSA) is 105 Å². The molecule has 3 N–H and O–H groups in total. The van der Waals surface area contributed by atoms with Crippen molar-refractivity contribution in [3.05, 3.63) is 64.3 Å². The maximum Gasteiger partial charge on any atom is 0.250 e. The molecule has 0 radical (unpaired) electrons. The van der Waals surface area contributed by atoms with Crippen LogP contribution in [0.2, 0.25) is 5.02 Å². The number of hydrogen-bond donors (Lipinski definition) is 2. The molecule has 2 aromatic carbocycles. The third-order valence-corrected chi connectivity index (χ3v) is 8.12. The van der Waals surface area contributed by atoms with Gasteiger partial charge in [0.25, 0.3) is 5.91 Å². The second-order valence-electron chi connectivity index (χ2n) is 7.99. The van der Waals surface area contributed by atoms with Crippen LogP contribution < -0.4 is 10.5 Å². The maximum atomic E-state index is 12.2. The van der Waals surface area contributed by atoms with Gasteiger partial charge in [-0.15, -0.1) is 0 Å². The number of aromatic amines is 1. The van der Waals surface area contributed by atoms with Gasteiger partial charge >= 0.3 is 0 Å². The number of H-pyrrole nitrogens is 1. The lowest BCUT2D eigenvalue weighted by Gasteiger charge is -2.31. The highest BCUT2D eigenvalue weighted by Gasteiger charge is 2.29. The highest BCUT2D eigenvalue weighted by Crippen LogP contribution is 2.37. The summed E-state index contributed by atoms with van der Waals surface area (Å²) in [5, 5.41) is 1.50. The van der Waals surface area contributed by atoms with Gasteiger partial charge in [0.2, 0.25) is 10.0 Å². The van der Waals surface area contributed by atoms with Crippen LogP contribution in [-0.4, -0.2) is 42.5 Å². The van der Waals surface area contributed by atoms with E-state index in [0.717, 1.165) is 16.5 Å². The van der Waals surface area contributed by atoms with Crippen molar-refractivity contribution < 1.29 is 17.9 Å². The largest absolute Gasteiger partial charge is 0.489 e. The Morgan fingerprint density at radius 1 is 1.25 bits per heavy atom. The fourth-order valence-corrected chi connectivity index (χ4v) is 5.61. The minimum absolute atomic E-state index is 0.111. The van der Waals surface area contributed by atoms with E-state index in [2.05, 4.69) is 4.98 Å². The van der Waals surface area contributed by atoms with Gasteiger partial charge in [0.15, 0.2) is 0 Å². The third kappa shape index (κ3) is 4.62. The molecular formula is C23H26ClN3O4S. The molecule has 32 heavy (non-hydrogen) atoms. The summed E-state index contributed by atoms with van der Waals surface area (Å²) in [7, 11) is -3.18. The monoisotopic (exact) mass is 475 g/mol. The van der Waals surface area contributed by atoms with Crippen molar-refractivity contribution >= 4 is 38.4 Å². The summed E-state index contributed by atoms with van der Waals surface area (Å²) in [6.45, 7) is 2.94. The Morgan fingerprint density at radius 3 is 2.66 bits per heavy atom. The number of carbonyl (C=O) groups is 1. The van der Waals surface area contributed by atoms with Crippen LogP contribution in [0.1, 0.15) is 47.2 Å². The van der Waals surface area contributed by atoms with E-state index in [9.17, 15) is 13.2 Å². The zero-order chi connectivity index (χ0) is 22.9. The molecule has 1 saturated heterocycles. The zero-order valence-electron chi connectivity index (χ0n) is 17.8. The lowest BCUT2D eigenvalue weighted by atomic mass is 9.89. The summed E-state index contributed by atoms with van der Waals surface area (Å²) < 4.78 is 31.9. The number of aromatic nitrogens is 1. The van der Waals surface area contributed by atoms with Gasteiger partial charge in [-0.05, 0) is 61.1 Å². The van der Waals surface area contributed by atoms with Gasteiger partial charge in [0.05, 0.1) is 16.8 Å². The Kier molecular flexibility index (Phi) is 6.46. The van der Waals surface area contributed by atoms with Gasteiger partial charge in [-0.2, -0.15) is 0 Å². The molecule has 3 aromatic rings. The van der Waals surface area contributed by atoms with Crippen molar-refractivity contribution in [1.82, 2.24) is 9.29 Å². The lowest BCUT2D eigenvalue weighted by Crippen LogP contribution is -2.38. The molecule has 1 fully saturated rings. The number of nitrogens with one attached hydrogen (secondary N) is 1. The molecule has 1 amide bonds. The van der Waals surface area contributed by atoms with Crippen molar-refractivity contribution in [1.29, 1.82) is 0 Å². The second-order valence-corrected chi connectivity index (χ2v) is 10.7. The van der Waals surface area contributed by atoms with Crippen molar-refractivity contribution in [2.45, 2.75) is 32.3 Å². The van der Waals surface area contributed by atoms with Crippen molar-refractivity contribution in [2.75, 3.05) is 18.8 Å². The number of piperidine rings is 1. The number of hydrogen-bond acceptors (Lipinski definition) is 4. The number of fused-ring (bicyclic) bond motifs is 1. The summed E-state index contributed by atoms with van der Waals surface area (Å²) in [6.07, 6.45) is 3.32. The maximum absolute atomic E-state index is 12.2. The summed E-state index contributed by atoms with van der Waals surface area (Å²) in [5.41, 5.74) is 8.63. The molecular weight excluding hydrogens is 450 g/mol. The van der Waals surface area contributed by atoms with Gasteiger partial charge in [-0.25, -0.2) is 12.7 Å². The minimum Gasteiger partial charge on any atom is -0.489 e. The first kappa shape index (κ1) is 22.6. The second kappa shape index (κ2) is 9.13. The van der Waals surface area contributed by atoms with Crippen LogP contribution in [0, 0.1) is 0 Å². The number of nitrogens with zero attached hydrogens (tertiary/aromatic N) is 1.